The molecule has 0 saturated heterocycles. The smallest absolute Gasteiger partial charge is 0.273 e. The Kier molecular flexibility index (Phi) is 6.13. The van der Waals surface area contributed by atoms with Crippen molar-refractivity contribution in [2.45, 2.75) is 64.8 Å². The summed E-state index contributed by atoms with van der Waals surface area (Å²) in [7, 11) is 3.12. The second kappa shape index (κ2) is 7.20. The van der Waals surface area contributed by atoms with E-state index in [1.54, 1.807) is 11.6 Å². The fourth-order valence-corrected chi connectivity index (χ4v) is 2.99. The van der Waals surface area contributed by atoms with Gasteiger partial charge in [0.1, 0.15) is 0 Å². The predicted octanol–water partition coefficient (Wildman–Crippen LogP) is 2.71. The first kappa shape index (κ1) is 17.9. The van der Waals surface area contributed by atoms with Crippen molar-refractivity contribution in [3.8, 4) is 0 Å². The molecule has 1 aromatic rings. The maximum absolute atomic E-state index is 12.5. The van der Waals surface area contributed by atoms with Gasteiger partial charge in [-0.05, 0) is 32.0 Å². The van der Waals surface area contributed by atoms with Crippen molar-refractivity contribution in [1.82, 2.24) is 13.7 Å². The van der Waals surface area contributed by atoms with E-state index in [-0.39, 0.29) is 16.9 Å². The summed E-state index contributed by atoms with van der Waals surface area (Å²) in [5.41, 5.74) is -1.03. The highest BCUT2D eigenvalue weighted by molar-refractivity contribution is 7.71. The monoisotopic (exact) mass is 313 g/mol. The summed E-state index contributed by atoms with van der Waals surface area (Å²) in [4.78, 5) is 24.4. The minimum atomic E-state index is -0.370. The molecule has 0 spiro atoms. The number of nitrogens with zero attached hydrogens (tertiary/aromatic N) is 3. The van der Waals surface area contributed by atoms with Gasteiger partial charge in [0, 0.05) is 19.6 Å². The van der Waals surface area contributed by atoms with Gasteiger partial charge < -0.3 is 0 Å². The second-order valence-electron chi connectivity index (χ2n) is 5.96. The number of rotatable bonds is 7. The molecular formula is C15H27N3O2S. The summed E-state index contributed by atoms with van der Waals surface area (Å²) in [5.74, 6) is 0. The molecule has 0 radical (unpaired) electrons. The van der Waals surface area contributed by atoms with Crippen LogP contribution >= 0.6 is 12.2 Å². The van der Waals surface area contributed by atoms with E-state index >= 15 is 0 Å². The van der Waals surface area contributed by atoms with Gasteiger partial charge in [-0.15, -0.1) is 0 Å². The van der Waals surface area contributed by atoms with E-state index < -0.39 is 0 Å². The first-order valence-corrected chi connectivity index (χ1v) is 8.10. The first-order valence-electron chi connectivity index (χ1n) is 7.69. The van der Waals surface area contributed by atoms with Crippen molar-refractivity contribution in [2.24, 2.45) is 14.1 Å². The van der Waals surface area contributed by atoms with Gasteiger partial charge in [0.05, 0.1) is 0 Å². The van der Waals surface area contributed by atoms with Crippen LogP contribution in [0.3, 0.4) is 0 Å². The predicted molar refractivity (Wildman–Crippen MR) is 88.4 cm³/mol. The zero-order valence-electron chi connectivity index (χ0n) is 13.8. The van der Waals surface area contributed by atoms with Crippen molar-refractivity contribution in [3.05, 3.63) is 25.7 Å². The molecule has 0 aromatic carbocycles. The fourth-order valence-electron chi connectivity index (χ4n) is 2.61. The molecule has 0 N–H and O–H groups in total. The Balaban J connectivity index is 3.32. The first-order chi connectivity index (χ1) is 9.80. The van der Waals surface area contributed by atoms with E-state index in [9.17, 15) is 9.59 Å². The average Bonchev–Trinajstić information content (AvgIpc) is 2.47. The fraction of sp³-hybridized carbons (Fsp3) is 0.800. The Morgan fingerprint density at radius 3 is 2.14 bits per heavy atom. The molecule has 1 aromatic heterocycles. The van der Waals surface area contributed by atoms with Crippen LogP contribution in [0.25, 0.3) is 0 Å². The summed E-state index contributed by atoms with van der Waals surface area (Å²) in [6.07, 6.45) is 6.31. The van der Waals surface area contributed by atoms with Crippen LogP contribution in [-0.2, 0) is 19.6 Å². The van der Waals surface area contributed by atoms with Gasteiger partial charge >= 0.3 is 11.4 Å². The summed E-state index contributed by atoms with van der Waals surface area (Å²) in [5, 5.41) is 0. The maximum Gasteiger partial charge on any atom is 0.334 e. The van der Waals surface area contributed by atoms with Gasteiger partial charge in [0.15, 0.2) is 4.77 Å². The van der Waals surface area contributed by atoms with Gasteiger partial charge in [-0.2, -0.15) is 0 Å². The molecule has 0 aliphatic rings. The number of unbranched alkanes of at least 4 members (excludes halogenated alkanes) is 3. The normalized spacial score (nSPS) is 14.1. The third kappa shape index (κ3) is 3.54. The SMILES string of the molecule is CCCCCCC(C)(CC)n1c(=O)n(C)c(=O)n(C)c1=S. The summed E-state index contributed by atoms with van der Waals surface area (Å²) < 4.78 is 4.44. The van der Waals surface area contributed by atoms with Crippen LogP contribution in [0.4, 0.5) is 0 Å². The van der Waals surface area contributed by atoms with E-state index in [2.05, 4.69) is 20.8 Å². The standard InChI is InChI=1S/C15H27N3O2S/c1-6-8-9-10-11-15(3,7-2)18-13(20)16(4)12(19)17(5)14(18)21/h6-11H2,1-5H3. The molecule has 0 aliphatic carbocycles. The minimum Gasteiger partial charge on any atom is -0.273 e. The van der Waals surface area contributed by atoms with Crippen molar-refractivity contribution >= 4 is 12.2 Å². The summed E-state index contributed by atoms with van der Waals surface area (Å²) >= 11 is 5.36. The van der Waals surface area contributed by atoms with Crippen LogP contribution in [0, 0.1) is 4.77 Å². The molecule has 6 heteroatoms. The van der Waals surface area contributed by atoms with Crippen molar-refractivity contribution in [1.29, 1.82) is 0 Å². The number of hydrogen-bond donors (Lipinski definition) is 0. The number of hydrogen-bond acceptors (Lipinski definition) is 3. The highest BCUT2D eigenvalue weighted by Crippen LogP contribution is 2.26. The van der Waals surface area contributed by atoms with E-state index in [0.29, 0.717) is 4.77 Å². The Bertz CT molecular complexity index is 616. The van der Waals surface area contributed by atoms with Crippen LogP contribution in [0.2, 0.25) is 0 Å². The second-order valence-corrected chi connectivity index (χ2v) is 6.33. The summed E-state index contributed by atoms with van der Waals surface area (Å²) in [6.45, 7) is 6.30. The van der Waals surface area contributed by atoms with Crippen LogP contribution in [0.15, 0.2) is 9.59 Å². The Morgan fingerprint density at radius 2 is 1.62 bits per heavy atom. The molecular weight excluding hydrogens is 286 g/mol. The molecule has 120 valence electrons. The molecule has 0 saturated carbocycles. The molecule has 21 heavy (non-hydrogen) atoms. The molecule has 5 nitrogen and oxygen atoms in total. The van der Waals surface area contributed by atoms with Crippen molar-refractivity contribution in [2.75, 3.05) is 0 Å². The topological polar surface area (TPSA) is 48.9 Å². The molecule has 1 rings (SSSR count). The lowest BCUT2D eigenvalue weighted by atomic mass is 9.91. The zero-order chi connectivity index (χ0) is 16.2. The van der Waals surface area contributed by atoms with Gasteiger partial charge in [-0.3, -0.25) is 9.13 Å². The van der Waals surface area contributed by atoms with Crippen LogP contribution in [-0.4, -0.2) is 13.7 Å². The van der Waals surface area contributed by atoms with E-state index in [1.807, 2.05) is 0 Å². The molecule has 0 fully saturated rings. The highest BCUT2D eigenvalue weighted by Gasteiger charge is 2.28. The lowest BCUT2D eigenvalue weighted by Crippen LogP contribution is -2.50. The Hall–Kier alpha value is -1.17. The average molecular weight is 313 g/mol. The molecule has 1 heterocycles. The molecule has 1 atom stereocenters. The molecule has 0 amide bonds. The minimum absolute atomic E-state index is 0.308. The number of aromatic nitrogens is 3. The summed E-state index contributed by atoms with van der Waals surface area (Å²) in [6, 6.07) is 0. The van der Waals surface area contributed by atoms with E-state index in [4.69, 9.17) is 12.2 Å². The van der Waals surface area contributed by atoms with Gasteiger partial charge in [0.2, 0.25) is 0 Å². The lowest BCUT2D eigenvalue weighted by molar-refractivity contribution is 0.242. The van der Waals surface area contributed by atoms with E-state index in [1.165, 1.54) is 24.5 Å². The van der Waals surface area contributed by atoms with Crippen molar-refractivity contribution in [3.63, 3.8) is 0 Å². The van der Waals surface area contributed by atoms with Crippen LogP contribution in [0.1, 0.15) is 59.3 Å². The third-order valence-electron chi connectivity index (χ3n) is 4.40. The van der Waals surface area contributed by atoms with Crippen molar-refractivity contribution < 1.29 is 0 Å². The molecule has 0 bridgehead atoms. The zero-order valence-corrected chi connectivity index (χ0v) is 14.6. The Labute approximate surface area is 131 Å². The van der Waals surface area contributed by atoms with Gasteiger partial charge in [-0.25, -0.2) is 14.2 Å². The lowest BCUT2D eigenvalue weighted by Gasteiger charge is -2.31. The van der Waals surface area contributed by atoms with Crippen LogP contribution in [0.5, 0.6) is 0 Å². The third-order valence-corrected chi connectivity index (χ3v) is 4.86. The van der Waals surface area contributed by atoms with Gasteiger partial charge in [0.25, 0.3) is 0 Å². The molecule has 1 unspecified atom stereocenters. The van der Waals surface area contributed by atoms with Gasteiger partial charge in [-0.1, -0.05) is 39.5 Å². The van der Waals surface area contributed by atoms with Crippen LogP contribution < -0.4 is 11.4 Å². The quantitative estimate of drug-likeness (QED) is 0.574. The largest absolute Gasteiger partial charge is 0.334 e. The maximum atomic E-state index is 12.5. The molecule has 0 aliphatic heterocycles. The Morgan fingerprint density at radius 1 is 1.00 bits per heavy atom. The highest BCUT2D eigenvalue weighted by atomic mass is 32.1. The van der Waals surface area contributed by atoms with E-state index in [0.717, 1.165) is 30.3 Å².